The minimum atomic E-state index is -0.666. The Morgan fingerprint density at radius 2 is 2.12 bits per heavy atom. The van der Waals surface area contributed by atoms with Gasteiger partial charge in [0, 0.05) is 11.1 Å². The van der Waals surface area contributed by atoms with Gasteiger partial charge in [0.25, 0.3) is 0 Å². The molecule has 0 aliphatic carbocycles. The zero-order valence-electron chi connectivity index (χ0n) is 9.38. The van der Waals surface area contributed by atoms with Crippen molar-refractivity contribution in [3.63, 3.8) is 0 Å². The summed E-state index contributed by atoms with van der Waals surface area (Å²) in [6.07, 6.45) is 1.72. The fraction of sp³-hybridized carbons (Fsp3) is 0.167. The molecule has 0 saturated carbocycles. The Labute approximate surface area is 103 Å². The lowest BCUT2D eigenvalue weighted by Gasteiger charge is -2.10. The van der Waals surface area contributed by atoms with E-state index in [4.69, 9.17) is 5.73 Å². The first kappa shape index (κ1) is 11.8. The van der Waals surface area contributed by atoms with Gasteiger partial charge in [-0.3, -0.25) is 4.79 Å². The van der Waals surface area contributed by atoms with Gasteiger partial charge >= 0.3 is 0 Å². The van der Waals surface area contributed by atoms with Gasteiger partial charge in [0.05, 0.1) is 0 Å². The molecule has 0 aliphatic rings. The summed E-state index contributed by atoms with van der Waals surface area (Å²) in [5.41, 5.74) is 6.65. The van der Waals surface area contributed by atoms with Gasteiger partial charge in [-0.15, -0.1) is 11.3 Å². The number of benzene rings is 1. The summed E-state index contributed by atoms with van der Waals surface area (Å²) in [7, 11) is 0. The van der Waals surface area contributed by atoms with Gasteiger partial charge in [-0.05, 0) is 12.5 Å². The third kappa shape index (κ3) is 2.89. The SMILES string of the molecule is Cc1cnc(NC(=O)C(N)c2ccccc2)s1. The fourth-order valence-electron chi connectivity index (χ4n) is 1.41. The third-order valence-electron chi connectivity index (χ3n) is 2.29. The van der Waals surface area contributed by atoms with E-state index in [2.05, 4.69) is 10.3 Å². The van der Waals surface area contributed by atoms with E-state index in [0.717, 1.165) is 10.4 Å². The molecular weight excluding hydrogens is 234 g/mol. The third-order valence-corrected chi connectivity index (χ3v) is 3.12. The highest BCUT2D eigenvalue weighted by Crippen LogP contribution is 2.18. The molecule has 3 N–H and O–H groups in total. The van der Waals surface area contributed by atoms with Crippen molar-refractivity contribution < 1.29 is 4.79 Å². The number of carbonyl (C=O) groups is 1. The molecule has 1 unspecified atom stereocenters. The topological polar surface area (TPSA) is 68.0 Å². The zero-order chi connectivity index (χ0) is 12.3. The Morgan fingerprint density at radius 3 is 2.71 bits per heavy atom. The molecule has 0 radical (unpaired) electrons. The molecule has 1 atom stereocenters. The van der Waals surface area contributed by atoms with Gasteiger partial charge < -0.3 is 11.1 Å². The van der Waals surface area contributed by atoms with E-state index in [1.165, 1.54) is 11.3 Å². The predicted octanol–water partition coefficient (Wildman–Crippen LogP) is 2.09. The largest absolute Gasteiger partial charge is 0.316 e. The molecule has 0 fully saturated rings. The lowest BCUT2D eigenvalue weighted by atomic mass is 10.1. The fourth-order valence-corrected chi connectivity index (χ4v) is 2.07. The Hall–Kier alpha value is -1.72. The number of hydrogen-bond donors (Lipinski definition) is 2. The van der Waals surface area contributed by atoms with E-state index in [1.54, 1.807) is 6.20 Å². The molecule has 2 aromatic rings. The number of amides is 1. The van der Waals surface area contributed by atoms with Crippen LogP contribution in [0.1, 0.15) is 16.5 Å². The first-order valence-corrected chi connectivity index (χ1v) is 6.02. The summed E-state index contributed by atoms with van der Waals surface area (Å²) >= 11 is 1.43. The van der Waals surface area contributed by atoms with Gasteiger partial charge in [-0.1, -0.05) is 30.3 Å². The van der Waals surface area contributed by atoms with E-state index in [-0.39, 0.29) is 5.91 Å². The molecule has 5 heteroatoms. The summed E-state index contributed by atoms with van der Waals surface area (Å²) in [6.45, 7) is 1.93. The summed E-state index contributed by atoms with van der Waals surface area (Å²) in [5, 5.41) is 3.29. The first-order chi connectivity index (χ1) is 8.16. The van der Waals surface area contributed by atoms with Crippen molar-refractivity contribution in [2.24, 2.45) is 5.73 Å². The molecule has 0 spiro atoms. The maximum absolute atomic E-state index is 11.9. The van der Waals surface area contributed by atoms with Crippen LogP contribution in [0, 0.1) is 6.92 Å². The van der Waals surface area contributed by atoms with Crippen LogP contribution in [0.25, 0.3) is 0 Å². The summed E-state index contributed by atoms with van der Waals surface area (Å²) in [5.74, 6) is -0.245. The summed E-state index contributed by atoms with van der Waals surface area (Å²) < 4.78 is 0. The van der Waals surface area contributed by atoms with Crippen molar-refractivity contribution in [1.29, 1.82) is 0 Å². The maximum atomic E-state index is 11.9. The molecule has 1 aromatic heterocycles. The number of hydrogen-bond acceptors (Lipinski definition) is 4. The second kappa shape index (κ2) is 5.07. The Balaban J connectivity index is 2.06. The Kier molecular flexibility index (Phi) is 3.51. The van der Waals surface area contributed by atoms with Gasteiger partial charge in [0.1, 0.15) is 6.04 Å². The normalized spacial score (nSPS) is 12.1. The number of nitrogens with zero attached hydrogens (tertiary/aromatic N) is 1. The van der Waals surface area contributed by atoms with Crippen molar-refractivity contribution in [3.05, 3.63) is 47.0 Å². The van der Waals surface area contributed by atoms with E-state index >= 15 is 0 Å². The minimum Gasteiger partial charge on any atom is -0.316 e. The highest BCUT2D eigenvalue weighted by atomic mass is 32.1. The average molecular weight is 247 g/mol. The molecule has 0 saturated heterocycles. The zero-order valence-corrected chi connectivity index (χ0v) is 10.2. The Bertz CT molecular complexity index is 509. The second-order valence-electron chi connectivity index (χ2n) is 3.65. The number of carbonyl (C=O) groups excluding carboxylic acids is 1. The average Bonchev–Trinajstić information content (AvgIpc) is 2.75. The van der Waals surface area contributed by atoms with Crippen LogP contribution in [0.5, 0.6) is 0 Å². The van der Waals surface area contributed by atoms with E-state index < -0.39 is 6.04 Å². The number of thiazole rings is 1. The van der Waals surface area contributed by atoms with Crippen molar-refractivity contribution >= 4 is 22.4 Å². The lowest BCUT2D eigenvalue weighted by Crippen LogP contribution is -2.27. The van der Waals surface area contributed by atoms with Gasteiger partial charge in [0.2, 0.25) is 5.91 Å². The van der Waals surface area contributed by atoms with Gasteiger partial charge in [-0.25, -0.2) is 4.98 Å². The molecule has 1 aromatic carbocycles. The Morgan fingerprint density at radius 1 is 1.41 bits per heavy atom. The highest BCUT2D eigenvalue weighted by Gasteiger charge is 2.16. The van der Waals surface area contributed by atoms with Crippen LogP contribution in [0.15, 0.2) is 36.5 Å². The van der Waals surface area contributed by atoms with E-state index in [1.807, 2.05) is 37.3 Å². The number of aromatic nitrogens is 1. The van der Waals surface area contributed by atoms with Gasteiger partial charge in [-0.2, -0.15) is 0 Å². The molecule has 88 valence electrons. The summed E-state index contributed by atoms with van der Waals surface area (Å²) in [6, 6.07) is 8.60. The van der Waals surface area contributed by atoms with Crippen molar-refractivity contribution in [1.82, 2.24) is 4.98 Å². The van der Waals surface area contributed by atoms with Crippen molar-refractivity contribution in [3.8, 4) is 0 Å². The molecule has 17 heavy (non-hydrogen) atoms. The van der Waals surface area contributed by atoms with Crippen molar-refractivity contribution in [2.45, 2.75) is 13.0 Å². The van der Waals surface area contributed by atoms with Crippen LogP contribution < -0.4 is 11.1 Å². The highest BCUT2D eigenvalue weighted by molar-refractivity contribution is 7.15. The molecule has 0 aliphatic heterocycles. The number of anilines is 1. The molecule has 1 heterocycles. The van der Waals surface area contributed by atoms with Crippen LogP contribution in [-0.2, 0) is 4.79 Å². The molecule has 1 amide bonds. The monoisotopic (exact) mass is 247 g/mol. The van der Waals surface area contributed by atoms with Crippen LogP contribution >= 0.6 is 11.3 Å². The smallest absolute Gasteiger partial charge is 0.247 e. The van der Waals surface area contributed by atoms with Crippen LogP contribution in [0.4, 0.5) is 5.13 Å². The molecular formula is C12H13N3OS. The quantitative estimate of drug-likeness (QED) is 0.872. The van der Waals surface area contributed by atoms with E-state index in [0.29, 0.717) is 5.13 Å². The van der Waals surface area contributed by atoms with Gasteiger partial charge in [0.15, 0.2) is 5.13 Å². The van der Waals surface area contributed by atoms with Crippen molar-refractivity contribution in [2.75, 3.05) is 5.32 Å². The standard InChI is InChI=1S/C12H13N3OS/c1-8-7-14-12(17-8)15-11(16)10(13)9-5-3-2-4-6-9/h2-7,10H,13H2,1H3,(H,14,15,16). The first-order valence-electron chi connectivity index (χ1n) is 5.20. The molecule has 0 bridgehead atoms. The lowest BCUT2D eigenvalue weighted by molar-refractivity contribution is -0.117. The second-order valence-corrected chi connectivity index (χ2v) is 4.89. The summed E-state index contributed by atoms with van der Waals surface area (Å²) in [4.78, 5) is 17.0. The minimum absolute atomic E-state index is 0.245. The number of rotatable bonds is 3. The maximum Gasteiger partial charge on any atom is 0.247 e. The van der Waals surface area contributed by atoms with E-state index in [9.17, 15) is 4.79 Å². The van der Waals surface area contributed by atoms with Crippen LogP contribution in [-0.4, -0.2) is 10.9 Å². The number of aryl methyl sites for hydroxylation is 1. The predicted molar refractivity (Wildman–Crippen MR) is 68.9 cm³/mol. The molecule has 4 nitrogen and oxygen atoms in total. The van der Waals surface area contributed by atoms with Crippen LogP contribution in [0.3, 0.4) is 0 Å². The number of nitrogens with two attached hydrogens (primary N) is 1. The molecule has 2 rings (SSSR count). The number of nitrogens with one attached hydrogen (secondary N) is 1. The van der Waals surface area contributed by atoms with Crippen LogP contribution in [0.2, 0.25) is 0 Å².